The lowest BCUT2D eigenvalue weighted by Gasteiger charge is -2.14. The highest BCUT2D eigenvalue weighted by Crippen LogP contribution is 2.41. The van der Waals surface area contributed by atoms with Crippen LogP contribution in [0.4, 0.5) is 0 Å². The summed E-state index contributed by atoms with van der Waals surface area (Å²) in [5, 5.41) is 0. The molecule has 0 N–H and O–H groups in total. The monoisotopic (exact) mass is 298 g/mol. The molecule has 0 amide bonds. The molecule has 1 atom stereocenters. The highest BCUT2D eigenvalue weighted by molar-refractivity contribution is 7.99. The number of hydrogen-bond acceptors (Lipinski definition) is 3. The van der Waals surface area contributed by atoms with E-state index in [4.69, 9.17) is 4.74 Å². The molecule has 1 aliphatic rings. The van der Waals surface area contributed by atoms with Crippen molar-refractivity contribution in [2.45, 2.75) is 24.7 Å². The third-order valence-corrected chi connectivity index (χ3v) is 5.21. The van der Waals surface area contributed by atoms with E-state index in [9.17, 15) is 4.79 Å². The van der Waals surface area contributed by atoms with Crippen LogP contribution >= 0.6 is 11.8 Å². The van der Waals surface area contributed by atoms with Gasteiger partial charge in [-0.25, -0.2) is 0 Å². The normalized spacial score (nSPS) is 16.6. The summed E-state index contributed by atoms with van der Waals surface area (Å²) in [6.45, 7) is 3.95. The number of fused-ring (bicyclic) bond motifs is 1. The maximum atomic E-state index is 12.9. The number of carbonyl (C=O) groups excluding carboxylic acids is 1. The van der Waals surface area contributed by atoms with Gasteiger partial charge in [0.1, 0.15) is 5.75 Å². The standard InChI is InChI=1S/C18H18O2S/c1-11-9-16(20-3)12(2)8-14(11)18(19)15-10-21-17-7-5-4-6-13(15)17/h4-9,15H,10H2,1-3H3. The fourth-order valence-electron chi connectivity index (χ4n) is 2.84. The van der Waals surface area contributed by atoms with Gasteiger partial charge < -0.3 is 4.74 Å². The van der Waals surface area contributed by atoms with E-state index in [0.29, 0.717) is 0 Å². The van der Waals surface area contributed by atoms with Crippen LogP contribution in [-0.4, -0.2) is 18.6 Å². The summed E-state index contributed by atoms with van der Waals surface area (Å²) < 4.78 is 5.33. The molecule has 1 aliphatic heterocycles. The summed E-state index contributed by atoms with van der Waals surface area (Å²) in [6, 6.07) is 12.1. The lowest BCUT2D eigenvalue weighted by molar-refractivity contribution is 0.0967. The topological polar surface area (TPSA) is 26.3 Å². The summed E-state index contributed by atoms with van der Waals surface area (Å²) in [5.74, 6) is 1.86. The predicted octanol–water partition coefficient (Wildman–Crippen LogP) is 4.38. The molecule has 0 spiro atoms. The first-order chi connectivity index (χ1) is 10.1. The van der Waals surface area contributed by atoms with Crippen LogP contribution in [0.1, 0.15) is 33.0 Å². The molecule has 0 aliphatic carbocycles. The van der Waals surface area contributed by atoms with Crippen molar-refractivity contribution in [3.8, 4) is 5.75 Å². The molecule has 108 valence electrons. The Morgan fingerprint density at radius 2 is 1.95 bits per heavy atom. The van der Waals surface area contributed by atoms with Crippen LogP contribution in [-0.2, 0) is 0 Å². The fraction of sp³-hybridized carbons (Fsp3) is 0.278. The molecule has 3 rings (SSSR count). The van der Waals surface area contributed by atoms with Crippen LogP contribution in [0.2, 0.25) is 0 Å². The number of thioether (sulfide) groups is 1. The number of rotatable bonds is 3. The second-order valence-corrected chi connectivity index (χ2v) is 6.46. The molecule has 1 unspecified atom stereocenters. The average molecular weight is 298 g/mol. The lowest BCUT2D eigenvalue weighted by Crippen LogP contribution is -2.14. The quantitative estimate of drug-likeness (QED) is 0.786. The Bertz CT molecular complexity index is 706. The maximum absolute atomic E-state index is 12.9. The van der Waals surface area contributed by atoms with Gasteiger partial charge in [0.25, 0.3) is 0 Å². The van der Waals surface area contributed by atoms with Gasteiger partial charge in [0.15, 0.2) is 5.78 Å². The Labute approximate surface area is 129 Å². The number of hydrogen-bond donors (Lipinski definition) is 0. The minimum absolute atomic E-state index is 0.0299. The van der Waals surface area contributed by atoms with Crippen molar-refractivity contribution in [3.05, 3.63) is 58.7 Å². The van der Waals surface area contributed by atoms with E-state index in [1.807, 2.05) is 38.1 Å². The van der Waals surface area contributed by atoms with E-state index in [0.717, 1.165) is 28.2 Å². The number of ketones is 1. The van der Waals surface area contributed by atoms with E-state index >= 15 is 0 Å². The summed E-state index contributed by atoms with van der Waals surface area (Å²) >= 11 is 1.77. The third-order valence-electron chi connectivity index (χ3n) is 4.02. The van der Waals surface area contributed by atoms with Gasteiger partial charge in [-0.15, -0.1) is 11.8 Å². The van der Waals surface area contributed by atoms with Crippen LogP contribution in [0, 0.1) is 13.8 Å². The van der Waals surface area contributed by atoms with Gasteiger partial charge in [0.05, 0.1) is 13.0 Å². The molecule has 1 heterocycles. The molecule has 0 saturated carbocycles. The Hall–Kier alpha value is -1.74. The molecule has 2 aromatic rings. The Kier molecular flexibility index (Phi) is 3.77. The number of ether oxygens (including phenoxy) is 1. The number of benzene rings is 2. The highest BCUT2D eigenvalue weighted by Gasteiger charge is 2.30. The van der Waals surface area contributed by atoms with E-state index < -0.39 is 0 Å². The van der Waals surface area contributed by atoms with Gasteiger partial charge in [-0.2, -0.15) is 0 Å². The smallest absolute Gasteiger partial charge is 0.171 e. The number of aryl methyl sites for hydroxylation is 2. The maximum Gasteiger partial charge on any atom is 0.171 e. The van der Waals surface area contributed by atoms with Crippen molar-refractivity contribution in [3.63, 3.8) is 0 Å². The van der Waals surface area contributed by atoms with Crippen LogP contribution in [0.25, 0.3) is 0 Å². The lowest BCUT2D eigenvalue weighted by atomic mass is 9.89. The molecular formula is C18H18O2S. The zero-order chi connectivity index (χ0) is 15.0. The molecule has 0 fully saturated rings. The predicted molar refractivity (Wildman–Crippen MR) is 86.7 cm³/mol. The minimum Gasteiger partial charge on any atom is -0.496 e. The van der Waals surface area contributed by atoms with Gasteiger partial charge in [0.2, 0.25) is 0 Å². The zero-order valence-corrected chi connectivity index (χ0v) is 13.3. The summed E-state index contributed by atoms with van der Waals surface area (Å²) in [6.07, 6.45) is 0. The van der Waals surface area contributed by atoms with Crippen molar-refractivity contribution in [2.75, 3.05) is 12.9 Å². The van der Waals surface area contributed by atoms with Crippen molar-refractivity contribution in [1.29, 1.82) is 0 Å². The number of carbonyl (C=O) groups is 1. The van der Waals surface area contributed by atoms with Crippen LogP contribution in [0.15, 0.2) is 41.3 Å². The average Bonchev–Trinajstić information content (AvgIpc) is 2.92. The van der Waals surface area contributed by atoms with Gasteiger partial charge in [0, 0.05) is 16.2 Å². The molecule has 0 bridgehead atoms. The number of methoxy groups -OCH3 is 1. The highest BCUT2D eigenvalue weighted by atomic mass is 32.2. The molecule has 0 aromatic heterocycles. The van der Waals surface area contributed by atoms with Gasteiger partial charge in [-0.1, -0.05) is 18.2 Å². The summed E-state index contributed by atoms with van der Waals surface area (Å²) in [4.78, 5) is 14.2. The molecule has 3 heteroatoms. The van der Waals surface area contributed by atoms with Gasteiger partial charge >= 0.3 is 0 Å². The summed E-state index contributed by atoms with van der Waals surface area (Å²) in [5.41, 5.74) is 3.97. The largest absolute Gasteiger partial charge is 0.496 e. The van der Waals surface area contributed by atoms with Crippen molar-refractivity contribution in [1.82, 2.24) is 0 Å². The van der Waals surface area contributed by atoms with E-state index in [1.54, 1.807) is 18.9 Å². The Morgan fingerprint density at radius 1 is 1.19 bits per heavy atom. The van der Waals surface area contributed by atoms with Crippen molar-refractivity contribution >= 4 is 17.5 Å². The van der Waals surface area contributed by atoms with Crippen LogP contribution < -0.4 is 4.74 Å². The Morgan fingerprint density at radius 3 is 2.71 bits per heavy atom. The van der Waals surface area contributed by atoms with Crippen LogP contribution in [0.5, 0.6) is 5.75 Å². The second-order valence-electron chi connectivity index (χ2n) is 5.40. The number of Topliss-reactive ketones (excluding diaryl/α,β-unsaturated/α-hetero) is 1. The molecule has 0 saturated heterocycles. The molecular weight excluding hydrogens is 280 g/mol. The molecule has 2 nitrogen and oxygen atoms in total. The fourth-order valence-corrected chi connectivity index (χ4v) is 4.07. The molecule has 2 aromatic carbocycles. The zero-order valence-electron chi connectivity index (χ0n) is 12.5. The SMILES string of the molecule is COc1cc(C)c(C(=O)C2CSc3ccccc32)cc1C. The second kappa shape index (κ2) is 5.57. The van der Waals surface area contributed by atoms with Gasteiger partial charge in [-0.3, -0.25) is 4.79 Å². The van der Waals surface area contributed by atoms with E-state index in [2.05, 4.69) is 12.1 Å². The van der Waals surface area contributed by atoms with E-state index in [1.165, 1.54) is 10.5 Å². The van der Waals surface area contributed by atoms with E-state index in [-0.39, 0.29) is 11.7 Å². The third kappa shape index (κ3) is 2.46. The minimum atomic E-state index is -0.0299. The Balaban J connectivity index is 1.99. The van der Waals surface area contributed by atoms with Gasteiger partial charge in [-0.05, 0) is 48.7 Å². The first-order valence-corrected chi connectivity index (χ1v) is 8.01. The first kappa shape index (κ1) is 14.2. The molecule has 21 heavy (non-hydrogen) atoms. The van der Waals surface area contributed by atoms with Crippen LogP contribution in [0.3, 0.4) is 0 Å². The van der Waals surface area contributed by atoms with Crippen molar-refractivity contribution < 1.29 is 9.53 Å². The summed E-state index contributed by atoms with van der Waals surface area (Å²) in [7, 11) is 1.66. The van der Waals surface area contributed by atoms with Crippen molar-refractivity contribution in [2.24, 2.45) is 0 Å². The first-order valence-electron chi connectivity index (χ1n) is 7.03. The molecule has 0 radical (unpaired) electrons.